The van der Waals surface area contributed by atoms with Crippen molar-refractivity contribution < 1.29 is 9.53 Å². The second-order valence-corrected chi connectivity index (χ2v) is 4.62. The van der Waals surface area contributed by atoms with Gasteiger partial charge in [0, 0.05) is 0 Å². The molecule has 0 heterocycles. The summed E-state index contributed by atoms with van der Waals surface area (Å²) in [6.45, 7) is 4.64. The van der Waals surface area contributed by atoms with Crippen LogP contribution in [0.1, 0.15) is 58.8 Å². The summed E-state index contributed by atoms with van der Waals surface area (Å²) in [6, 6.07) is 0. The van der Waals surface area contributed by atoms with E-state index in [1.807, 2.05) is 6.92 Å². The van der Waals surface area contributed by atoms with E-state index in [4.69, 9.17) is 4.74 Å². The van der Waals surface area contributed by atoms with Gasteiger partial charge in [0.05, 0.1) is 12.5 Å². The number of esters is 1. The minimum atomic E-state index is 0.0375. The molecule has 2 heteroatoms. The van der Waals surface area contributed by atoms with Gasteiger partial charge in [-0.1, -0.05) is 32.6 Å². The van der Waals surface area contributed by atoms with Crippen molar-refractivity contribution in [2.24, 2.45) is 11.8 Å². The minimum Gasteiger partial charge on any atom is -0.466 e. The zero-order valence-electron chi connectivity index (χ0n) is 10.1. The maximum absolute atomic E-state index is 11.5. The van der Waals surface area contributed by atoms with Gasteiger partial charge in [0.25, 0.3) is 0 Å². The van der Waals surface area contributed by atoms with Crippen LogP contribution < -0.4 is 0 Å². The van der Waals surface area contributed by atoms with E-state index < -0.39 is 0 Å². The Bertz CT molecular complexity index is 189. The molecule has 0 aromatic carbocycles. The summed E-state index contributed by atoms with van der Waals surface area (Å²) in [5.74, 6) is 1.03. The first-order valence-electron chi connectivity index (χ1n) is 6.44. The number of carbonyl (C=O) groups excluding carboxylic acids is 1. The van der Waals surface area contributed by atoms with Gasteiger partial charge in [0.1, 0.15) is 0 Å². The Balaban J connectivity index is 2.17. The van der Waals surface area contributed by atoms with Gasteiger partial charge < -0.3 is 4.74 Å². The van der Waals surface area contributed by atoms with Crippen LogP contribution in [0, 0.1) is 11.8 Å². The quantitative estimate of drug-likeness (QED) is 0.497. The molecule has 15 heavy (non-hydrogen) atoms. The van der Waals surface area contributed by atoms with Gasteiger partial charge in [-0.05, 0) is 32.1 Å². The lowest BCUT2D eigenvalue weighted by atomic mass is 9.98. The molecule has 88 valence electrons. The summed E-state index contributed by atoms with van der Waals surface area (Å²) in [7, 11) is 0. The summed E-state index contributed by atoms with van der Waals surface area (Å²) >= 11 is 0. The van der Waals surface area contributed by atoms with E-state index in [1.54, 1.807) is 0 Å². The van der Waals surface area contributed by atoms with Crippen LogP contribution in [0.4, 0.5) is 0 Å². The van der Waals surface area contributed by atoms with Gasteiger partial charge in [0.2, 0.25) is 0 Å². The highest BCUT2D eigenvalue weighted by Gasteiger charge is 2.30. The van der Waals surface area contributed by atoms with Crippen LogP contribution in [0.2, 0.25) is 0 Å². The number of hydrogen-bond donors (Lipinski definition) is 0. The van der Waals surface area contributed by atoms with Crippen molar-refractivity contribution in [3.05, 3.63) is 0 Å². The Kier molecular flexibility index (Phi) is 5.74. The topological polar surface area (TPSA) is 26.3 Å². The summed E-state index contributed by atoms with van der Waals surface area (Å²) in [6.07, 6.45) is 8.61. The second kappa shape index (κ2) is 6.86. The molecule has 1 rings (SSSR count). The number of carbonyl (C=O) groups is 1. The molecule has 0 aromatic rings. The maximum atomic E-state index is 11.5. The van der Waals surface area contributed by atoms with Crippen LogP contribution in [0.3, 0.4) is 0 Å². The van der Waals surface area contributed by atoms with Crippen molar-refractivity contribution in [1.29, 1.82) is 0 Å². The normalized spacial score (nSPS) is 25.5. The van der Waals surface area contributed by atoms with Gasteiger partial charge in [-0.3, -0.25) is 4.79 Å². The lowest BCUT2D eigenvalue weighted by molar-refractivity contribution is -0.147. The molecule has 0 bridgehead atoms. The molecule has 0 unspecified atom stereocenters. The fourth-order valence-electron chi connectivity index (χ4n) is 2.49. The van der Waals surface area contributed by atoms with Crippen molar-refractivity contribution in [2.75, 3.05) is 6.61 Å². The van der Waals surface area contributed by atoms with E-state index in [0.717, 1.165) is 18.8 Å². The fraction of sp³-hybridized carbons (Fsp3) is 0.923. The third-order valence-corrected chi connectivity index (χ3v) is 3.38. The van der Waals surface area contributed by atoms with Crippen molar-refractivity contribution in [2.45, 2.75) is 58.8 Å². The van der Waals surface area contributed by atoms with E-state index in [1.165, 1.54) is 32.1 Å². The first-order valence-corrected chi connectivity index (χ1v) is 6.44. The van der Waals surface area contributed by atoms with Crippen LogP contribution in [-0.2, 0) is 9.53 Å². The number of hydrogen-bond acceptors (Lipinski definition) is 2. The lowest BCUT2D eigenvalue weighted by Gasteiger charge is -2.10. The predicted molar refractivity (Wildman–Crippen MR) is 61.6 cm³/mol. The first-order chi connectivity index (χ1) is 7.27. The molecular formula is C13H24O2. The summed E-state index contributed by atoms with van der Waals surface area (Å²) < 4.78 is 5.06. The summed E-state index contributed by atoms with van der Waals surface area (Å²) in [4.78, 5) is 11.5. The van der Waals surface area contributed by atoms with Gasteiger partial charge in [-0.15, -0.1) is 0 Å². The average Bonchev–Trinajstić information content (AvgIpc) is 2.67. The number of ether oxygens (including phenoxy) is 1. The first kappa shape index (κ1) is 12.5. The molecule has 0 spiro atoms. The van der Waals surface area contributed by atoms with Crippen LogP contribution in [-0.4, -0.2) is 12.6 Å². The molecule has 0 N–H and O–H groups in total. The molecule has 0 amide bonds. The van der Waals surface area contributed by atoms with Crippen molar-refractivity contribution in [3.63, 3.8) is 0 Å². The van der Waals surface area contributed by atoms with E-state index in [9.17, 15) is 4.79 Å². The standard InChI is InChI=1S/C13H24O2/c1-3-5-6-7-11-8-9-12(10-11)13(14)15-4-2/h11-12H,3-10H2,1-2H3/t11-,12-/m0/s1. The Morgan fingerprint density at radius 3 is 2.73 bits per heavy atom. The largest absolute Gasteiger partial charge is 0.466 e. The highest BCUT2D eigenvalue weighted by atomic mass is 16.5. The molecule has 1 aliphatic rings. The van der Waals surface area contributed by atoms with Gasteiger partial charge in [-0.2, -0.15) is 0 Å². The molecular weight excluding hydrogens is 188 g/mol. The molecule has 2 nitrogen and oxygen atoms in total. The lowest BCUT2D eigenvalue weighted by Crippen LogP contribution is -2.14. The average molecular weight is 212 g/mol. The SMILES string of the molecule is CCCCC[C@H]1CC[C@H](C(=O)OCC)C1. The highest BCUT2D eigenvalue weighted by molar-refractivity contribution is 5.72. The highest BCUT2D eigenvalue weighted by Crippen LogP contribution is 2.34. The Labute approximate surface area is 93.4 Å². The maximum Gasteiger partial charge on any atom is 0.308 e. The van der Waals surface area contributed by atoms with Crippen LogP contribution >= 0.6 is 0 Å². The molecule has 1 saturated carbocycles. The Morgan fingerprint density at radius 1 is 1.27 bits per heavy atom. The Morgan fingerprint density at radius 2 is 2.07 bits per heavy atom. The predicted octanol–water partition coefficient (Wildman–Crippen LogP) is 3.55. The molecule has 2 atom stereocenters. The van der Waals surface area contributed by atoms with Gasteiger partial charge in [0.15, 0.2) is 0 Å². The molecule has 0 aliphatic heterocycles. The number of rotatable bonds is 6. The molecule has 0 saturated heterocycles. The molecule has 0 radical (unpaired) electrons. The van der Waals surface area contributed by atoms with Crippen LogP contribution in [0.5, 0.6) is 0 Å². The van der Waals surface area contributed by atoms with Crippen LogP contribution in [0.15, 0.2) is 0 Å². The van der Waals surface area contributed by atoms with E-state index in [-0.39, 0.29) is 11.9 Å². The fourth-order valence-corrected chi connectivity index (χ4v) is 2.49. The summed E-state index contributed by atoms with van der Waals surface area (Å²) in [5, 5.41) is 0. The van der Waals surface area contributed by atoms with Gasteiger partial charge in [-0.25, -0.2) is 0 Å². The van der Waals surface area contributed by atoms with E-state index in [0.29, 0.717) is 6.61 Å². The zero-order chi connectivity index (χ0) is 11.1. The van der Waals surface area contributed by atoms with Gasteiger partial charge >= 0.3 is 5.97 Å². The number of unbranched alkanes of at least 4 members (excludes halogenated alkanes) is 2. The second-order valence-electron chi connectivity index (χ2n) is 4.62. The monoisotopic (exact) mass is 212 g/mol. The zero-order valence-corrected chi connectivity index (χ0v) is 10.1. The minimum absolute atomic E-state index is 0.0375. The molecule has 1 aliphatic carbocycles. The van der Waals surface area contributed by atoms with Crippen LogP contribution in [0.25, 0.3) is 0 Å². The van der Waals surface area contributed by atoms with E-state index in [2.05, 4.69) is 6.92 Å². The molecule has 0 aromatic heterocycles. The summed E-state index contributed by atoms with van der Waals surface area (Å²) in [5.41, 5.74) is 0. The third-order valence-electron chi connectivity index (χ3n) is 3.38. The smallest absolute Gasteiger partial charge is 0.308 e. The third kappa shape index (κ3) is 4.23. The van der Waals surface area contributed by atoms with Crippen molar-refractivity contribution in [3.8, 4) is 0 Å². The van der Waals surface area contributed by atoms with Crippen molar-refractivity contribution >= 4 is 5.97 Å². The molecule has 1 fully saturated rings. The van der Waals surface area contributed by atoms with Crippen molar-refractivity contribution in [1.82, 2.24) is 0 Å². The van der Waals surface area contributed by atoms with E-state index >= 15 is 0 Å². The Hall–Kier alpha value is -0.530.